The molecule has 0 aliphatic carbocycles. The van der Waals surface area contributed by atoms with Gasteiger partial charge in [-0.3, -0.25) is 9.59 Å². The lowest BCUT2D eigenvalue weighted by molar-refractivity contribution is -0.120. The Morgan fingerprint density at radius 1 is 0.882 bits per heavy atom. The molecule has 3 aromatic rings. The number of hydrogen-bond donors (Lipinski definition) is 1. The van der Waals surface area contributed by atoms with Crippen molar-refractivity contribution in [1.29, 1.82) is 0 Å². The van der Waals surface area contributed by atoms with Gasteiger partial charge in [-0.25, -0.2) is 4.90 Å². The normalized spacial score (nSPS) is 13.7. The maximum absolute atomic E-state index is 13.5. The molecule has 0 spiro atoms. The Balaban J connectivity index is 1.68. The number of nitrogens with one attached hydrogen (secondary N) is 1. The monoisotopic (exact) mass is 510 g/mol. The van der Waals surface area contributed by atoms with Crippen molar-refractivity contribution >= 4 is 58.2 Å². The molecule has 4 rings (SSSR count). The van der Waals surface area contributed by atoms with E-state index in [1.54, 1.807) is 18.2 Å². The first kappa shape index (κ1) is 24.4. The van der Waals surface area contributed by atoms with Gasteiger partial charge in [-0.1, -0.05) is 78.1 Å². The van der Waals surface area contributed by atoms with Crippen molar-refractivity contribution in [2.24, 2.45) is 0 Å². The Labute approximate surface area is 213 Å². The number of thioether (sulfide) groups is 1. The fourth-order valence-corrected chi connectivity index (χ4v) is 4.81. The quantitative estimate of drug-likeness (QED) is 0.316. The highest BCUT2D eigenvalue weighted by Crippen LogP contribution is 2.38. The van der Waals surface area contributed by atoms with Crippen LogP contribution in [0.2, 0.25) is 10.0 Å². The maximum atomic E-state index is 13.5. The van der Waals surface area contributed by atoms with Gasteiger partial charge in [0.1, 0.15) is 10.6 Å². The van der Waals surface area contributed by atoms with Crippen LogP contribution in [0, 0.1) is 6.92 Å². The van der Waals surface area contributed by atoms with E-state index in [2.05, 4.69) is 12.2 Å². The zero-order valence-corrected chi connectivity index (χ0v) is 21.2. The largest absolute Gasteiger partial charge is 0.350 e. The Morgan fingerprint density at radius 3 is 2.24 bits per heavy atom. The van der Waals surface area contributed by atoms with E-state index in [1.807, 2.05) is 55.5 Å². The van der Waals surface area contributed by atoms with Crippen molar-refractivity contribution in [2.75, 3.05) is 10.2 Å². The van der Waals surface area contributed by atoms with E-state index >= 15 is 0 Å². The molecule has 174 valence electrons. The molecular formula is C27H24Cl2N2O2S. The van der Waals surface area contributed by atoms with Crippen LogP contribution in [-0.2, 0) is 16.0 Å². The molecule has 4 nitrogen and oxygen atoms in total. The number of amides is 2. The first-order valence-electron chi connectivity index (χ1n) is 11.1. The Kier molecular flexibility index (Phi) is 7.67. The number of aryl methyl sites for hydroxylation is 2. The SMILES string of the molecule is CCCCc1ccc(N2C(=O)C(Nc3ccc(Cl)c(Cl)c3)=C(Sc3ccc(C)cc3)C2=O)cc1. The molecule has 0 fully saturated rings. The average Bonchev–Trinajstić information content (AvgIpc) is 3.05. The molecule has 0 bridgehead atoms. The number of hydrogen-bond acceptors (Lipinski definition) is 4. The second-order valence-electron chi connectivity index (χ2n) is 8.09. The highest BCUT2D eigenvalue weighted by Gasteiger charge is 2.40. The molecule has 0 saturated carbocycles. The number of nitrogens with zero attached hydrogens (tertiary/aromatic N) is 1. The minimum atomic E-state index is -0.410. The van der Waals surface area contributed by atoms with Gasteiger partial charge in [-0.15, -0.1) is 0 Å². The van der Waals surface area contributed by atoms with E-state index < -0.39 is 5.91 Å². The predicted octanol–water partition coefficient (Wildman–Crippen LogP) is 7.63. The van der Waals surface area contributed by atoms with Crippen LogP contribution in [0.5, 0.6) is 0 Å². The lowest BCUT2D eigenvalue weighted by Crippen LogP contribution is -2.32. The van der Waals surface area contributed by atoms with Crippen LogP contribution < -0.4 is 10.2 Å². The summed E-state index contributed by atoms with van der Waals surface area (Å²) in [7, 11) is 0. The second kappa shape index (κ2) is 10.7. The smallest absolute Gasteiger partial charge is 0.283 e. The number of rotatable bonds is 8. The summed E-state index contributed by atoms with van der Waals surface area (Å²) in [5.74, 6) is -0.772. The minimum Gasteiger partial charge on any atom is -0.350 e. The zero-order chi connectivity index (χ0) is 24.2. The molecule has 0 saturated heterocycles. The molecule has 1 N–H and O–H groups in total. The standard InChI is InChI=1S/C27H24Cl2N2O2S/c1-3-4-5-18-8-11-20(12-9-18)31-26(32)24(30-19-10-15-22(28)23(29)16-19)25(27(31)33)34-21-13-6-17(2)7-14-21/h6-16,30H,3-5H2,1-2H3. The van der Waals surface area contributed by atoms with E-state index in [0.717, 1.165) is 29.7 Å². The van der Waals surface area contributed by atoms with Crippen molar-refractivity contribution < 1.29 is 9.59 Å². The summed E-state index contributed by atoms with van der Waals surface area (Å²) in [5.41, 5.74) is 3.63. The third-order valence-electron chi connectivity index (χ3n) is 5.48. The fourth-order valence-electron chi connectivity index (χ4n) is 3.58. The summed E-state index contributed by atoms with van der Waals surface area (Å²) in [5, 5.41) is 3.88. The van der Waals surface area contributed by atoms with Crippen LogP contribution in [-0.4, -0.2) is 11.8 Å². The molecule has 7 heteroatoms. The van der Waals surface area contributed by atoms with Crippen LogP contribution in [0.1, 0.15) is 30.9 Å². The first-order valence-corrected chi connectivity index (χ1v) is 12.6. The van der Waals surface area contributed by atoms with Gasteiger partial charge < -0.3 is 5.32 Å². The van der Waals surface area contributed by atoms with Crippen LogP contribution in [0.15, 0.2) is 82.2 Å². The van der Waals surface area contributed by atoms with Gasteiger partial charge >= 0.3 is 0 Å². The third kappa shape index (κ3) is 5.33. The summed E-state index contributed by atoms with van der Waals surface area (Å²) >= 11 is 13.5. The van der Waals surface area contributed by atoms with Crippen molar-refractivity contribution in [3.8, 4) is 0 Å². The van der Waals surface area contributed by atoms with E-state index in [0.29, 0.717) is 26.3 Å². The summed E-state index contributed by atoms with van der Waals surface area (Å²) in [6.07, 6.45) is 3.17. The summed E-state index contributed by atoms with van der Waals surface area (Å²) in [6, 6.07) is 20.4. The van der Waals surface area contributed by atoms with Crippen molar-refractivity contribution in [1.82, 2.24) is 0 Å². The highest BCUT2D eigenvalue weighted by molar-refractivity contribution is 8.04. The molecule has 1 heterocycles. The van der Waals surface area contributed by atoms with E-state index in [1.165, 1.54) is 22.2 Å². The van der Waals surface area contributed by atoms with Gasteiger partial charge in [-0.05, 0) is 67.8 Å². The van der Waals surface area contributed by atoms with Gasteiger partial charge in [0, 0.05) is 10.6 Å². The molecule has 0 atom stereocenters. The number of anilines is 2. The number of benzene rings is 3. The Bertz CT molecular complexity index is 1250. The molecule has 34 heavy (non-hydrogen) atoms. The molecule has 1 aliphatic heterocycles. The van der Waals surface area contributed by atoms with Gasteiger partial charge in [0.05, 0.1) is 15.7 Å². The zero-order valence-electron chi connectivity index (χ0n) is 18.9. The summed E-state index contributed by atoms with van der Waals surface area (Å²) in [4.78, 5) is 29.4. The fraction of sp³-hybridized carbons (Fsp3) is 0.185. The van der Waals surface area contributed by atoms with E-state index in [-0.39, 0.29) is 11.6 Å². The highest BCUT2D eigenvalue weighted by atomic mass is 35.5. The van der Waals surface area contributed by atoms with Crippen LogP contribution >= 0.6 is 35.0 Å². The lowest BCUT2D eigenvalue weighted by atomic mass is 10.1. The second-order valence-corrected chi connectivity index (χ2v) is 9.99. The minimum absolute atomic E-state index is 0.212. The maximum Gasteiger partial charge on any atom is 0.283 e. The number of halogens is 2. The van der Waals surface area contributed by atoms with Gasteiger partial charge in [-0.2, -0.15) is 0 Å². The van der Waals surface area contributed by atoms with Crippen molar-refractivity contribution in [3.05, 3.63) is 98.5 Å². The van der Waals surface area contributed by atoms with E-state index in [4.69, 9.17) is 23.2 Å². The molecule has 0 aromatic heterocycles. The molecule has 3 aromatic carbocycles. The molecule has 1 aliphatic rings. The third-order valence-corrected chi connectivity index (χ3v) is 7.31. The summed E-state index contributed by atoms with van der Waals surface area (Å²) in [6.45, 7) is 4.15. The number of unbranched alkanes of at least 4 members (excludes halogenated alkanes) is 1. The number of carbonyl (C=O) groups excluding carboxylic acids is 2. The van der Waals surface area contributed by atoms with Gasteiger partial charge in [0.15, 0.2) is 0 Å². The lowest BCUT2D eigenvalue weighted by Gasteiger charge is -2.16. The molecule has 0 radical (unpaired) electrons. The molecule has 2 amide bonds. The molecule has 0 unspecified atom stereocenters. The van der Waals surface area contributed by atoms with Crippen LogP contribution in [0.25, 0.3) is 0 Å². The predicted molar refractivity (Wildman–Crippen MR) is 142 cm³/mol. The Morgan fingerprint density at radius 2 is 1.59 bits per heavy atom. The number of imide groups is 1. The Hall–Kier alpha value is -2.73. The first-order chi connectivity index (χ1) is 16.4. The van der Waals surface area contributed by atoms with Crippen molar-refractivity contribution in [3.63, 3.8) is 0 Å². The average molecular weight is 511 g/mol. The van der Waals surface area contributed by atoms with Gasteiger partial charge in [0.2, 0.25) is 0 Å². The molecular weight excluding hydrogens is 487 g/mol. The van der Waals surface area contributed by atoms with Gasteiger partial charge in [0.25, 0.3) is 11.8 Å². The van der Waals surface area contributed by atoms with Crippen molar-refractivity contribution in [2.45, 2.75) is 38.0 Å². The number of carbonyl (C=O) groups is 2. The topological polar surface area (TPSA) is 49.4 Å². The van der Waals surface area contributed by atoms with E-state index in [9.17, 15) is 9.59 Å². The summed E-state index contributed by atoms with van der Waals surface area (Å²) < 4.78 is 0. The van der Waals surface area contributed by atoms with Crippen LogP contribution in [0.4, 0.5) is 11.4 Å². The van der Waals surface area contributed by atoms with Crippen LogP contribution in [0.3, 0.4) is 0 Å².